The Morgan fingerprint density at radius 2 is 1.78 bits per heavy atom. The fourth-order valence-electron chi connectivity index (χ4n) is 4.48. The summed E-state index contributed by atoms with van der Waals surface area (Å²) in [7, 11) is 1.62. The lowest BCUT2D eigenvalue weighted by Gasteiger charge is -2.36. The van der Waals surface area contributed by atoms with Crippen molar-refractivity contribution in [1.29, 1.82) is 0 Å². The fraction of sp³-hybridized carbons (Fsp3) is 0.160. The third kappa shape index (κ3) is 3.28. The molecule has 0 aliphatic carbocycles. The van der Waals surface area contributed by atoms with Gasteiger partial charge in [0, 0.05) is 40.8 Å². The van der Waals surface area contributed by atoms with Crippen LogP contribution in [0.2, 0.25) is 0 Å². The highest BCUT2D eigenvalue weighted by Crippen LogP contribution is 2.39. The van der Waals surface area contributed by atoms with E-state index < -0.39 is 4.92 Å². The number of nitro groups is 1. The number of para-hydroxylation sites is 1. The second kappa shape index (κ2) is 7.85. The zero-order valence-corrected chi connectivity index (χ0v) is 17.4. The number of H-pyrrole nitrogens is 1. The van der Waals surface area contributed by atoms with E-state index in [2.05, 4.69) is 11.1 Å². The molecule has 5 rings (SSSR count). The molecule has 7 heteroatoms. The van der Waals surface area contributed by atoms with E-state index in [0.717, 1.165) is 28.9 Å². The number of hydrogen-bond acceptors (Lipinski definition) is 4. The Kier molecular flexibility index (Phi) is 4.86. The number of amides is 1. The van der Waals surface area contributed by atoms with Crippen LogP contribution in [0.5, 0.6) is 5.75 Å². The summed E-state index contributed by atoms with van der Waals surface area (Å²) in [6.45, 7) is 0.543. The molecule has 160 valence electrons. The first-order valence-electron chi connectivity index (χ1n) is 10.4. The van der Waals surface area contributed by atoms with Gasteiger partial charge in [0.2, 0.25) is 0 Å². The second-order valence-electron chi connectivity index (χ2n) is 7.79. The van der Waals surface area contributed by atoms with Crippen molar-refractivity contribution in [1.82, 2.24) is 9.88 Å². The smallest absolute Gasteiger partial charge is 0.269 e. The Bertz CT molecular complexity index is 1310. The van der Waals surface area contributed by atoms with E-state index in [1.54, 1.807) is 7.11 Å². The zero-order valence-electron chi connectivity index (χ0n) is 17.4. The van der Waals surface area contributed by atoms with Crippen LogP contribution in [0.3, 0.4) is 0 Å². The predicted octanol–water partition coefficient (Wildman–Crippen LogP) is 4.87. The minimum absolute atomic E-state index is 0.0372. The number of rotatable bonds is 4. The van der Waals surface area contributed by atoms with Crippen molar-refractivity contribution in [2.24, 2.45) is 0 Å². The highest BCUT2D eigenvalue weighted by molar-refractivity contribution is 5.96. The molecular weight excluding hydrogens is 406 g/mol. The molecule has 4 aromatic rings. The lowest BCUT2D eigenvalue weighted by molar-refractivity contribution is -0.384. The van der Waals surface area contributed by atoms with Crippen molar-refractivity contribution < 1.29 is 14.5 Å². The Balaban J connectivity index is 1.60. The molecule has 7 nitrogen and oxygen atoms in total. The quantitative estimate of drug-likeness (QED) is 0.372. The van der Waals surface area contributed by atoms with Crippen molar-refractivity contribution >= 4 is 22.5 Å². The molecule has 1 aliphatic rings. The molecule has 0 saturated heterocycles. The SMILES string of the molecule is COc1ccc(C2c3[nH]c4ccccc4c3CCN2C(=O)c2ccc([N+](=O)[O-])cc2)cc1. The van der Waals surface area contributed by atoms with Crippen LogP contribution in [-0.4, -0.2) is 34.4 Å². The van der Waals surface area contributed by atoms with Gasteiger partial charge in [0.05, 0.1) is 18.1 Å². The maximum Gasteiger partial charge on any atom is 0.269 e. The number of nitro benzene ring substituents is 1. The van der Waals surface area contributed by atoms with E-state index in [0.29, 0.717) is 12.1 Å². The van der Waals surface area contributed by atoms with Crippen LogP contribution in [0.25, 0.3) is 10.9 Å². The first-order chi connectivity index (χ1) is 15.6. The highest BCUT2D eigenvalue weighted by Gasteiger charge is 2.35. The number of ether oxygens (including phenoxy) is 1. The van der Waals surface area contributed by atoms with E-state index in [9.17, 15) is 14.9 Å². The predicted molar refractivity (Wildman–Crippen MR) is 121 cm³/mol. The maximum absolute atomic E-state index is 13.5. The number of benzene rings is 3. The van der Waals surface area contributed by atoms with Gasteiger partial charge in [0.15, 0.2) is 0 Å². The molecule has 1 atom stereocenters. The molecule has 0 fully saturated rings. The van der Waals surface area contributed by atoms with Gasteiger partial charge in [-0.1, -0.05) is 30.3 Å². The second-order valence-corrected chi connectivity index (χ2v) is 7.79. The molecule has 1 unspecified atom stereocenters. The third-order valence-electron chi connectivity index (χ3n) is 6.05. The van der Waals surface area contributed by atoms with Crippen molar-refractivity contribution in [2.75, 3.05) is 13.7 Å². The summed E-state index contributed by atoms with van der Waals surface area (Å²) in [6.07, 6.45) is 0.727. The number of non-ortho nitro benzene ring substituents is 1. The minimum atomic E-state index is -0.466. The molecule has 1 N–H and O–H groups in total. The summed E-state index contributed by atoms with van der Waals surface area (Å²) in [5.41, 5.74) is 4.61. The van der Waals surface area contributed by atoms with Gasteiger partial charge >= 0.3 is 0 Å². The Morgan fingerprint density at radius 1 is 1.06 bits per heavy atom. The number of aromatic amines is 1. The van der Waals surface area contributed by atoms with Crippen LogP contribution in [0.1, 0.15) is 33.2 Å². The van der Waals surface area contributed by atoms with Gasteiger partial charge in [0.25, 0.3) is 11.6 Å². The first kappa shape index (κ1) is 19.8. The average molecular weight is 427 g/mol. The molecule has 1 amide bonds. The van der Waals surface area contributed by atoms with Gasteiger partial charge in [0.1, 0.15) is 5.75 Å². The number of hydrogen-bond donors (Lipinski definition) is 1. The number of carbonyl (C=O) groups excluding carboxylic acids is 1. The van der Waals surface area contributed by atoms with Gasteiger partial charge in [-0.15, -0.1) is 0 Å². The molecular formula is C25H21N3O4. The molecule has 1 aliphatic heterocycles. The standard InChI is InChI=1S/C25H21N3O4/c1-32-19-12-8-16(9-13-19)24-23-21(20-4-2-3-5-22(20)26-23)14-15-27(24)25(29)17-6-10-18(11-7-17)28(30)31/h2-13,24,26H,14-15H2,1H3. The molecule has 0 spiro atoms. The summed E-state index contributed by atoms with van der Waals surface area (Å²) < 4.78 is 5.30. The maximum atomic E-state index is 13.5. The molecule has 0 bridgehead atoms. The lowest BCUT2D eigenvalue weighted by atomic mass is 9.91. The summed E-state index contributed by atoms with van der Waals surface area (Å²) in [6, 6.07) is 21.4. The lowest BCUT2D eigenvalue weighted by Crippen LogP contribution is -2.40. The first-order valence-corrected chi connectivity index (χ1v) is 10.4. The van der Waals surface area contributed by atoms with Gasteiger partial charge < -0.3 is 14.6 Å². The number of methoxy groups -OCH3 is 1. The summed E-state index contributed by atoms with van der Waals surface area (Å²) >= 11 is 0. The summed E-state index contributed by atoms with van der Waals surface area (Å²) in [5, 5.41) is 12.2. The number of carbonyl (C=O) groups is 1. The molecule has 1 aromatic heterocycles. The normalized spacial score (nSPS) is 15.4. The van der Waals surface area contributed by atoms with E-state index in [4.69, 9.17) is 4.74 Å². The van der Waals surface area contributed by atoms with Crippen molar-refractivity contribution in [2.45, 2.75) is 12.5 Å². The largest absolute Gasteiger partial charge is 0.497 e. The van der Waals surface area contributed by atoms with Crippen LogP contribution >= 0.6 is 0 Å². The zero-order chi connectivity index (χ0) is 22.2. The Labute approximate surface area is 184 Å². The molecule has 0 saturated carbocycles. The van der Waals surface area contributed by atoms with Gasteiger partial charge in [-0.05, 0) is 47.9 Å². The van der Waals surface area contributed by atoms with Crippen LogP contribution in [0, 0.1) is 10.1 Å². The van der Waals surface area contributed by atoms with Gasteiger partial charge in [-0.25, -0.2) is 0 Å². The highest BCUT2D eigenvalue weighted by atomic mass is 16.6. The Hall–Kier alpha value is -4.13. The molecule has 3 aromatic carbocycles. The number of nitrogens with one attached hydrogen (secondary N) is 1. The number of aromatic nitrogens is 1. The van der Waals surface area contributed by atoms with Crippen LogP contribution in [0.15, 0.2) is 72.8 Å². The number of fused-ring (bicyclic) bond motifs is 3. The topological polar surface area (TPSA) is 88.5 Å². The fourth-order valence-corrected chi connectivity index (χ4v) is 4.48. The number of nitrogens with zero attached hydrogens (tertiary/aromatic N) is 2. The van der Waals surface area contributed by atoms with Gasteiger partial charge in [-0.2, -0.15) is 0 Å². The van der Waals surface area contributed by atoms with Crippen molar-refractivity contribution in [3.63, 3.8) is 0 Å². The monoisotopic (exact) mass is 427 g/mol. The van der Waals surface area contributed by atoms with Crippen LogP contribution in [0.4, 0.5) is 5.69 Å². The van der Waals surface area contributed by atoms with Crippen LogP contribution in [-0.2, 0) is 6.42 Å². The van der Waals surface area contributed by atoms with E-state index >= 15 is 0 Å². The molecule has 2 heterocycles. The third-order valence-corrected chi connectivity index (χ3v) is 6.05. The van der Waals surface area contributed by atoms with Gasteiger partial charge in [-0.3, -0.25) is 14.9 Å². The van der Waals surface area contributed by atoms with Crippen molar-refractivity contribution in [3.05, 3.63) is 105 Å². The summed E-state index contributed by atoms with van der Waals surface area (Å²) in [5.74, 6) is 0.583. The minimum Gasteiger partial charge on any atom is -0.497 e. The van der Waals surface area contributed by atoms with E-state index in [1.807, 2.05) is 47.4 Å². The summed E-state index contributed by atoms with van der Waals surface area (Å²) in [4.78, 5) is 29.4. The van der Waals surface area contributed by atoms with Crippen LogP contribution < -0.4 is 4.74 Å². The van der Waals surface area contributed by atoms with E-state index in [-0.39, 0.29) is 17.6 Å². The molecule has 0 radical (unpaired) electrons. The van der Waals surface area contributed by atoms with E-state index in [1.165, 1.54) is 35.2 Å². The van der Waals surface area contributed by atoms with Crippen molar-refractivity contribution in [3.8, 4) is 5.75 Å². The Morgan fingerprint density at radius 3 is 2.47 bits per heavy atom. The molecule has 32 heavy (non-hydrogen) atoms. The average Bonchev–Trinajstić information content (AvgIpc) is 3.22.